The zero-order chi connectivity index (χ0) is 12.4. The topological polar surface area (TPSA) is 76.6 Å². The van der Waals surface area contributed by atoms with Gasteiger partial charge in [0, 0.05) is 18.5 Å². The van der Waals surface area contributed by atoms with Crippen LogP contribution in [-0.2, 0) is 14.4 Å². The smallest absolute Gasteiger partial charge is 0.323 e. The number of aromatic nitrogens is 1. The molecule has 6 heteroatoms. The van der Waals surface area contributed by atoms with Crippen molar-refractivity contribution in [2.75, 3.05) is 0 Å². The van der Waals surface area contributed by atoms with Gasteiger partial charge in [-0.05, 0) is 19.1 Å². The van der Waals surface area contributed by atoms with Crippen molar-refractivity contribution < 1.29 is 19.2 Å². The molecule has 0 radical (unpaired) electrons. The number of carbonyl (C=O) groups is 3. The van der Waals surface area contributed by atoms with Crippen molar-refractivity contribution in [1.29, 1.82) is 0 Å². The van der Waals surface area contributed by atoms with Gasteiger partial charge < -0.3 is 4.84 Å². The molecule has 0 aromatic carbocycles. The van der Waals surface area contributed by atoms with Crippen molar-refractivity contribution in [2.24, 2.45) is 0 Å². The highest BCUT2D eigenvalue weighted by atomic mass is 16.7. The minimum Gasteiger partial charge on any atom is -0.323 e. The number of hydrogen-bond acceptors (Lipinski definition) is 5. The second-order valence-electron chi connectivity index (χ2n) is 3.62. The number of hydrogen-bond donors (Lipinski definition) is 0. The number of rotatable bonds is 2. The van der Waals surface area contributed by atoms with Gasteiger partial charge in [-0.2, -0.15) is 0 Å². The third kappa shape index (κ3) is 2.30. The minimum absolute atomic E-state index is 0.0671. The lowest BCUT2D eigenvalue weighted by molar-refractivity contribution is -0.172. The molecule has 0 bridgehead atoms. The summed E-state index contributed by atoms with van der Waals surface area (Å²) in [7, 11) is 0. The second kappa shape index (κ2) is 4.32. The fraction of sp³-hybridized carbons (Fsp3) is 0.273. The normalized spacial score (nSPS) is 15.2. The van der Waals surface area contributed by atoms with Gasteiger partial charge in [0.25, 0.3) is 11.8 Å². The zero-order valence-electron chi connectivity index (χ0n) is 9.17. The highest BCUT2D eigenvalue weighted by Crippen LogP contribution is 2.13. The third-order valence-corrected chi connectivity index (χ3v) is 2.28. The summed E-state index contributed by atoms with van der Waals surface area (Å²) in [4.78, 5) is 42.7. The van der Waals surface area contributed by atoms with Crippen LogP contribution in [0.4, 0.5) is 0 Å². The molecule has 1 aromatic heterocycles. The van der Waals surface area contributed by atoms with Crippen molar-refractivity contribution in [3.63, 3.8) is 0 Å². The number of carbonyl (C=O) groups excluding carboxylic acids is 3. The summed E-state index contributed by atoms with van der Waals surface area (Å²) in [6.45, 7) is 1.73. The third-order valence-electron chi connectivity index (χ3n) is 2.28. The molecule has 0 N–H and O–H groups in total. The Labute approximate surface area is 97.1 Å². The molecule has 0 spiro atoms. The maximum absolute atomic E-state index is 11.6. The molecule has 0 atom stereocenters. The fourth-order valence-electron chi connectivity index (χ4n) is 1.44. The van der Waals surface area contributed by atoms with Gasteiger partial charge in [0.15, 0.2) is 5.69 Å². The van der Waals surface area contributed by atoms with Crippen LogP contribution in [0.5, 0.6) is 0 Å². The van der Waals surface area contributed by atoms with Crippen molar-refractivity contribution in [3.05, 3.63) is 29.6 Å². The van der Waals surface area contributed by atoms with E-state index in [1.165, 1.54) is 6.07 Å². The van der Waals surface area contributed by atoms with Crippen LogP contribution in [0.15, 0.2) is 18.2 Å². The Bertz CT molecular complexity index is 482. The van der Waals surface area contributed by atoms with Crippen LogP contribution < -0.4 is 0 Å². The van der Waals surface area contributed by atoms with E-state index in [9.17, 15) is 14.4 Å². The summed E-state index contributed by atoms with van der Waals surface area (Å²) in [6, 6.07) is 4.83. The van der Waals surface area contributed by atoms with E-state index < -0.39 is 17.8 Å². The zero-order valence-corrected chi connectivity index (χ0v) is 9.17. The Morgan fingerprint density at radius 2 is 1.94 bits per heavy atom. The van der Waals surface area contributed by atoms with E-state index in [1.54, 1.807) is 19.1 Å². The van der Waals surface area contributed by atoms with Gasteiger partial charge in [-0.3, -0.25) is 9.59 Å². The molecule has 2 heterocycles. The molecule has 17 heavy (non-hydrogen) atoms. The number of pyridine rings is 1. The molecule has 1 aliphatic heterocycles. The van der Waals surface area contributed by atoms with Crippen LogP contribution in [-0.4, -0.2) is 27.8 Å². The highest BCUT2D eigenvalue weighted by molar-refractivity contribution is 6.02. The first-order valence-corrected chi connectivity index (χ1v) is 5.09. The Hall–Kier alpha value is -2.24. The fourth-order valence-corrected chi connectivity index (χ4v) is 1.44. The lowest BCUT2D eigenvalue weighted by Gasteiger charge is -2.11. The summed E-state index contributed by atoms with van der Waals surface area (Å²) in [5.41, 5.74) is 0.719. The summed E-state index contributed by atoms with van der Waals surface area (Å²) >= 11 is 0. The SMILES string of the molecule is Cc1cccc(C(=O)ON2C(=O)CCC2=O)n1. The number of amides is 2. The van der Waals surface area contributed by atoms with Crippen LogP contribution in [0.25, 0.3) is 0 Å². The van der Waals surface area contributed by atoms with Crippen LogP contribution in [0.1, 0.15) is 29.0 Å². The number of nitrogens with zero attached hydrogens (tertiary/aromatic N) is 2. The van der Waals surface area contributed by atoms with Crippen LogP contribution in [0.2, 0.25) is 0 Å². The molecule has 2 rings (SSSR count). The van der Waals surface area contributed by atoms with Gasteiger partial charge in [-0.25, -0.2) is 9.78 Å². The first-order chi connectivity index (χ1) is 8.08. The largest absolute Gasteiger partial charge is 0.382 e. The molecular formula is C11H10N2O4. The number of hydroxylamine groups is 2. The maximum Gasteiger partial charge on any atom is 0.382 e. The number of aryl methyl sites for hydroxylation is 1. The van der Waals surface area contributed by atoms with Crippen LogP contribution in [0.3, 0.4) is 0 Å². The minimum atomic E-state index is -0.808. The number of imide groups is 1. The summed E-state index contributed by atoms with van der Waals surface area (Å²) in [5.74, 6) is -1.82. The van der Waals surface area contributed by atoms with Crippen LogP contribution >= 0.6 is 0 Å². The van der Waals surface area contributed by atoms with E-state index in [2.05, 4.69) is 4.98 Å². The average Bonchev–Trinajstić information content (AvgIpc) is 2.61. The molecule has 0 unspecified atom stereocenters. The Morgan fingerprint density at radius 3 is 2.53 bits per heavy atom. The molecule has 88 valence electrons. The molecular weight excluding hydrogens is 224 g/mol. The summed E-state index contributed by atoms with van der Waals surface area (Å²) in [6.07, 6.45) is 0.153. The molecule has 1 aromatic rings. The first-order valence-electron chi connectivity index (χ1n) is 5.09. The van der Waals surface area contributed by atoms with Gasteiger partial charge >= 0.3 is 5.97 Å². The lowest BCUT2D eigenvalue weighted by atomic mass is 10.3. The van der Waals surface area contributed by atoms with Gasteiger partial charge in [0.05, 0.1) is 0 Å². The quantitative estimate of drug-likeness (QED) is 0.701. The van der Waals surface area contributed by atoms with Gasteiger partial charge in [-0.1, -0.05) is 6.07 Å². The predicted molar refractivity (Wildman–Crippen MR) is 55.5 cm³/mol. The predicted octanol–water partition coefficient (Wildman–Crippen LogP) is 0.611. The Morgan fingerprint density at radius 1 is 1.29 bits per heavy atom. The van der Waals surface area contributed by atoms with Gasteiger partial charge in [-0.15, -0.1) is 5.06 Å². The van der Waals surface area contributed by atoms with Crippen molar-refractivity contribution >= 4 is 17.8 Å². The van der Waals surface area contributed by atoms with E-state index in [0.717, 1.165) is 0 Å². The summed E-state index contributed by atoms with van der Waals surface area (Å²) in [5, 5.41) is 0.506. The summed E-state index contributed by atoms with van der Waals surface area (Å²) < 4.78 is 0. The van der Waals surface area contributed by atoms with Crippen molar-refractivity contribution in [2.45, 2.75) is 19.8 Å². The van der Waals surface area contributed by atoms with Crippen molar-refractivity contribution in [1.82, 2.24) is 10.0 Å². The van der Waals surface area contributed by atoms with E-state index in [0.29, 0.717) is 10.8 Å². The molecule has 2 amide bonds. The van der Waals surface area contributed by atoms with Gasteiger partial charge in [0.1, 0.15) is 0 Å². The van der Waals surface area contributed by atoms with Crippen LogP contribution in [0, 0.1) is 6.92 Å². The Kier molecular flexibility index (Phi) is 2.86. The van der Waals surface area contributed by atoms with Gasteiger partial charge in [0.2, 0.25) is 0 Å². The van der Waals surface area contributed by atoms with E-state index >= 15 is 0 Å². The van der Waals surface area contributed by atoms with E-state index in [1.807, 2.05) is 0 Å². The standard InChI is InChI=1S/C11H10N2O4/c1-7-3-2-4-8(12-7)11(16)17-13-9(14)5-6-10(13)15/h2-4H,5-6H2,1H3. The molecule has 1 saturated heterocycles. The molecule has 1 aliphatic rings. The lowest BCUT2D eigenvalue weighted by Crippen LogP contribution is -2.32. The molecule has 6 nitrogen and oxygen atoms in total. The van der Waals surface area contributed by atoms with E-state index in [4.69, 9.17) is 4.84 Å². The molecule has 0 aliphatic carbocycles. The van der Waals surface area contributed by atoms with E-state index in [-0.39, 0.29) is 18.5 Å². The Balaban J connectivity index is 2.12. The first kappa shape index (κ1) is 11.3. The monoisotopic (exact) mass is 234 g/mol. The average molecular weight is 234 g/mol. The molecule has 0 saturated carbocycles. The van der Waals surface area contributed by atoms with Crippen molar-refractivity contribution in [3.8, 4) is 0 Å². The maximum atomic E-state index is 11.6. The highest BCUT2D eigenvalue weighted by Gasteiger charge is 2.33. The second-order valence-corrected chi connectivity index (χ2v) is 3.62. The molecule has 1 fully saturated rings.